The largest absolute Gasteiger partial charge is 0.478 e. The number of aromatic amines is 1. The van der Waals surface area contributed by atoms with E-state index >= 15 is 0 Å². The molecule has 0 bridgehead atoms. The van der Waals surface area contributed by atoms with Crippen LogP contribution >= 0.6 is 0 Å². The number of H-pyrrole nitrogens is 1. The summed E-state index contributed by atoms with van der Waals surface area (Å²) < 4.78 is 0. The van der Waals surface area contributed by atoms with E-state index in [0.29, 0.717) is 0 Å². The zero-order valence-corrected chi connectivity index (χ0v) is 9.18. The Labute approximate surface area is 98.3 Å². The molecule has 4 nitrogen and oxygen atoms in total. The predicted octanol–water partition coefficient (Wildman–Crippen LogP) is 2.19. The van der Waals surface area contributed by atoms with E-state index in [1.54, 1.807) is 0 Å². The molecule has 0 saturated heterocycles. The van der Waals surface area contributed by atoms with Crippen LogP contribution in [0.15, 0.2) is 36.5 Å². The van der Waals surface area contributed by atoms with Crippen LogP contribution in [0, 0.1) is 0 Å². The van der Waals surface area contributed by atoms with Crippen LogP contribution in [-0.2, 0) is 5.41 Å². The molecule has 86 valence electrons. The number of hydrogen-bond acceptors (Lipinski definition) is 2. The van der Waals surface area contributed by atoms with Gasteiger partial charge in [0.2, 0.25) is 0 Å². The second kappa shape index (κ2) is 3.45. The quantitative estimate of drug-likeness (QED) is 0.846. The molecule has 1 aliphatic rings. The second-order valence-electron chi connectivity index (χ2n) is 4.41. The van der Waals surface area contributed by atoms with Crippen LogP contribution in [0.1, 0.15) is 34.5 Å². The maximum atomic E-state index is 11.1. The van der Waals surface area contributed by atoms with Gasteiger partial charge >= 0.3 is 5.97 Å². The Hall–Kier alpha value is -2.10. The number of aromatic carboxylic acids is 1. The summed E-state index contributed by atoms with van der Waals surface area (Å²) in [6.45, 7) is 0. The molecular weight excluding hydrogens is 216 g/mol. The third-order valence-corrected chi connectivity index (χ3v) is 3.42. The fourth-order valence-corrected chi connectivity index (χ4v) is 2.38. The van der Waals surface area contributed by atoms with Crippen molar-refractivity contribution in [3.8, 4) is 0 Å². The number of carbonyl (C=O) groups is 1. The Bertz CT molecular complexity index is 556. The molecule has 0 aliphatic heterocycles. The van der Waals surface area contributed by atoms with Gasteiger partial charge in [-0.05, 0) is 18.4 Å². The summed E-state index contributed by atoms with van der Waals surface area (Å²) in [5.41, 5.74) is 2.01. The van der Waals surface area contributed by atoms with Crippen LogP contribution in [0.2, 0.25) is 0 Å². The van der Waals surface area contributed by atoms with Crippen molar-refractivity contribution in [1.29, 1.82) is 0 Å². The Morgan fingerprint density at radius 3 is 2.59 bits per heavy atom. The molecule has 0 amide bonds. The highest BCUT2D eigenvalue weighted by atomic mass is 16.4. The third-order valence-electron chi connectivity index (χ3n) is 3.42. The number of hydrogen-bond donors (Lipinski definition) is 2. The van der Waals surface area contributed by atoms with E-state index in [-0.39, 0.29) is 11.0 Å². The lowest BCUT2D eigenvalue weighted by Gasteiger charge is -2.14. The number of aromatic nitrogens is 2. The lowest BCUT2D eigenvalue weighted by Crippen LogP contribution is -2.13. The van der Waals surface area contributed by atoms with Crippen molar-refractivity contribution in [2.45, 2.75) is 18.3 Å². The van der Waals surface area contributed by atoms with Gasteiger partial charge in [0.1, 0.15) is 5.56 Å². The number of nitrogens with one attached hydrogen (secondary N) is 1. The molecule has 1 heterocycles. The predicted molar refractivity (Wildman–Crippen MR) is 62.0 cm³/mol. The summed E-state index contributed by atoms with van der Waals surface area (Å²) in [4.78, 5) is 11.1. The maximum Gasteiger partial charge on any atom is 0.339 e. The van der Waals surface area contributed by atoms with Crippen molar-refractivity contribution in [3.05, 3.63) is 53.3 Å². The van der Waals surface area contributed by atoms with Crippen molar-refractivity contribution in [2.75, 3.05) is 0 Å². The number of rotatable bonds is 3. The monoisotopic (exact) mass is 228 g/mol. The van der Waals surface area contributed by atoms with Crippen LogP contribution in [0.3, 0.4) is 0 Å². The summed E-state index contributed by atoms with van der Waals surface area (Å²) in [6.07, 6.45) is 3.33. The van der Waals surface area contributed by atoms with Crippen LogP contribution < -0.4 is 0 Å². The molecule has 0 radical (unpaired) electrons. The number of carboxylic acid groups (broad SMARTS) is 1. The van der Waals surface area contributed by atoms with Crippen LogP contribution in [-0.4, -0.2) is 21.3 Å². The highest BCUT2D eigenvalue weighted by Crippen LogP contribution is 2.53. The maximum absolute atomic E-state index is 11.1. The zero-order valence-electron chi connectivity index (χ0n) is 9.18. The minimum absolute atomic E-state index is 0.161. The Morgan fingerprint density at radius 1 is 1.29 bits per heavy atom. The molecule has 0 spiro atoms. The molecule has 2 aromatic rings. The van der Waals surface area contributed by atoms with Gasteiger partial charge in [0.15, 0.2) is 0 Å². The number of carboxylic acids is 1. The van der Waals surface area contributed by atoms with Gasteiger partial charge in [-0.1, -0.05) is 30.3 Å². The first kappa shape index (κ1) is 10.1. The molecule has 1 aromatic carbocycles. The van der Waals surface area contributed by atoms with E-state index in [2.05, 4.69) is 10.2 Å². The molecule has 1 fully saturated rings. The van der Waals surface area contributed by atoms with Gasteiger partial charge in [0.05, 0.1) is 11.9 Å². The lowest BCUT2D eigenvalue weighted by atomic mass is 9.90. The summed E-state index contributed by atoms with van der Waals surface area (Å²) >= 11 is 0. The second-order valence-corrected chi connectivity index (χ2v) is 4.41. The third kappa shape index (κ3) is 1.45. The van der Waals surface area contributed by atoms with Crippen molar-refractivity contribution in [1.82, 2.24) is 10.2 Å². The molecule has 0 atom stereocenters. The van der Waals surface area contributed by atoms with E-state index in [0.717, 1.165) is 24.1 Å². The summed E-state index contributed by atoms with van der Waals surface area (Å²) in [5.74, 6) is -0.920. The normalized spacial score (nSPS) is 16.7. The molecule has 1 aliphatic carbocycles. The Balaban J connectivity index is 2.10. The minimum atomic E-state index is -0.920. The fraction of sp³-hybridized carbons (Fsp3) is 0.231. The van der Waals surface area contributed by atoms with Crippen LogP contribution in [0.25, 0.3) is 0 Å². The first-order chi connectivity index (χ1) is 8.24. The average Bonchev–Trinajstić information content (AvgIpc) is 3.00. The van der Waals surface area contributed by atoms with Gasteiger partial charge in [-0.3, -0.25) is 5.10 Å². The molecule has 1 saturated carbocycles. The van der Waals surface area contributed by atoms with E-state index in [4.69, 9.17) is 5.11 Å². The van der Waals surface area contributed by atoms with Crippen molar-refractivity contribution in [3.63, 3.8) is 0 Å². The first-order valence-electron chi connectivity index (χ1n) is 5.57. The van der Waals surface area contributed by atoms with Crippen molar-refractivity contribution >= 4 is 5.97 Å². The molecule has 17 heavy (non-hydrogen) atoms. The Morgan fingerprint density at radius 2 is 2.00 bits per heavy atom. The molecule has 3 rings (SSSR count). The minimum Gasteiger partial charge on any atom is -0.478 e. The molecule has 0 unspecified atom stereocenters. The molecule has 4 heteroatoms. The van der Waals surface area contributed by atoms with Gasteiger partial charge in [0, 0.05) is 5.41 Å². The molecular formula is C13H12N2O2. The van der Waals surface area contributed by atoms with Gasteiger partial charge < -0.3 is 5.11 Å². The topological polar surface area (TPSA) is 66.0 Å². The SMILES string of the molecule is O=C(O)c1cn[nH]c1C1(c2ccccc2)CC1. The summed E-state index contributed by atoms with van der Waals surface area (Å²) in [5, 5.41) is 15.9. The zero-order chi connectivity index (χ0) is 11.9. The van der Waals surface area contributed by atoms with Crippen LogP contribution in [0.4, 0.5) is 0 Å². The van der Waals surface area contributed by atoms with E-state index in [1.807, 2.05) is 30.3 Å². The van der Waals surface area contributed by atoms with E-state index < -0.39 is 5.97 Å². The van der Waals surface area contributed by atoms with Crippen LogP contribution in [0.5, 0.6) is 0 Å². The fourth-order valence-electron chi connectivity index (χ4n) is 2.38. The molecule has 2 N–H and O–H groups in total. The van der Waals surface area contributed by atoms with Gasteiger partial charge in [0.25, 0.3) is 0 Å². The standard InChI is InChI=1S/C13H12N2O2/c16-12(17)10-8-14-15-11(10)13(6-7-13)9-4-2-1-3-5-9/h1-5,8H,6-7H2,(H,14,15)(H,16,17). The van der Waals surface area contributed by atoms with Crippen molar-refractivity contribution in [2.24, 2.45) is 0 Å². The number of benzene rings is 1. The van der Waals surface area contributed by atoms with E-state index in [1.165, 1.54) is 6.20 Å². The van der Waals surface area contributed by atoms with Crippen molar-refractivity contribution < 1.29 is 9.90 Å². The molecule has 1 aromatic heterocycles. The van der Waals surface area contributed by atoms with Gasteiger partial charge in [-0.2, -0.15) is 5.10 Å². The Kier molecular flexibility index (Phi) is 2.04. The highest BCUT2D eigenvalue weighted by Gasteiger charge is 2.49. The smallest absolute Gasteiger partial charge is 0.339 e. The number of nitrogens with zero attached hydrogens (tertiary/aromatic N) is 1. The lowest BCUT2D eigenvalue weighted by molar-refractivity contribution is 0.0695. The summed E-state index contributed by atoms with van der Waals surface area (Å²) in [6, 6.07) is 10.0. The van der Waals surface area contributed by atoms with Gasteiger partial charge in [-0.15, -0.1) is 0 Å². The van der Waals surface area contributed by atoms with E-state index in [9.17, 15) is 4.79 Å². The first-order valence-corrected chi connectivity index (χ1v) is 5.57. The average molecular weight is 228 g/mol. The summed E-state index contributed by atoms with van der Waals surface area (Å²) in [7, 11) is 0. The highest BCUT2D eigenvalue weighted by molar-refractivity contribution is 5.89. The van der Waals surface area contributed by atoms with Gasteiger partial charge in [-0.25, -0.2) is 4.79 Å².